The zero-order chi connectivity index (χ0) is 26.4. The minimum Gasteiger partial charge on any atom is -0.481 e. The second kappa shape index (κ2) is 9.29. The molecule has 0 radical (unpaired) electrons. The number of amides is 4. The van der Waals surface area contributed by atoms with Gasteiger partial charge in [-0.25, -0.2) is 14.5 Å². The van der Waals surface area contributed by atoms with Gasteiger partial charge in [0.2, 0.25) is 5.91 Å². The molecule has 1 aromatic heterocycles. The van der Waals surface area contributed by atoms with Gasteiger partial charge < -0.3 is 25.4 Å². The molecule has 0 unspecified atom stereocenters. The molecule has 1 aromatic carbocycles. The number of rotatable bonds is 9. The number of aromatic amines is 1. The fourth-order valence-electron chi connectivity index (χ4n) is 5.26. The predicted octanol–water partition coefficient (Wildman–Crippen LogP) is 2.05. The van der Waals surface area contributed by atoms with Crippen molar-refractivity contribution in [3.63, 3.8) is 0 Å². The Hall–Kier alpha value is -3.89. The lowest BCUT2D eigenvalue weighted by atomic mass is 9.86. The summed E-state index contributed by atoms with van der Waals surface area (Å²) in [4.78, 5) is 69.1. The number of imide groups is 1. The van der Waals surface area contributed by atoms with Gasteiger partial charge >= 0.3 is 18.0 Å². The maximum Gasteiger partial charge on any atom is 0.328 e. The van der Waals surface area contributed by atoms with E-state index in [4.69, 9.17) is 5.11 Å². The number of nitrogens with zero attached hydrogens (tertiary/aromatic N) is 2. The number of hydrogen-bond donors (Lipinski definition) is 4. The molecule has 11 heteroatoms. The molecule has 1 saturated heterocycles. The lowest BCUT2D eigenvalue weighted by Gasteiger charge is -2.36. The van der Waals surface area contributed by atoms with Crippen LogP contribution in [0.2, 0.25) is 0 Å². The zero-order valence-corrected chi connectivity index (χ0v) is 20.4. The number of carbonyl (C=O) groups excluding carboxylic acids is 3. The third-order valence-corrected chi connectivity index (χ3v) is 7.07. The smallest absolute Gasteiger partial charge is 0.328 e. The normalized spacial score (nSPS) is 20.9. The highest BCUT2D eigenvalue weighted by molar-refractivity contribution is 6.11. The summed E-state index contributed by atoms with van der Waals surface area (Å²) in [6.07, 6.45) is -0.116. The van der Waals surface area contributed by atoms with Crippen LogP contribution in [0.3, 0.4) is 0 Å². The van der Waals surface area contributed by atoms with Crippen molar-refractivity contribution in [2.75, 3.05) is 6.54 Å². The Morgan fingerprint density at radius 2 is 1.86 bits per heavy atom. The van der Waals surface area contributed by atoms with E-state index in [0.717, 1.165) is 21.4 Å². The number of aliphatic carboxylic acids is 2. The summed E-state index contributed by atoms with van der Waals surface area (Å²) >= 11 is 0. The highest BCUT2D eigenvalue weighted by Gasteiger charge is 2.60. The molecule has 4 amide bonds. The van der Waals surface area contributed by atoms with Crippen LogP contribution in [0.15, 0.2) is 24.3 Å². The van der Waals surface area contributed by atoms with Gasteiger partial charge in [-0.1, -0.05) is 32.0 Å². The Labute approximate surface area is 207 Å². The number of carboxylic acid groups (broad SMARTS) is 2. The molecule has 3 heterocycles. The average molecular weight is 499 g/mol. The lowest BCUT2D eigenvalue weighted by Crippen LogP contribution is -2.54. The van der Waals surface area contributed by atoms with Gasteiger partial charge in [-0.3, -0.25) is 14.4 Å². The molecule has 11 nitrogen and oxygen atoms in total. The van der Waals surface area contributed by atoms with E-state index >= 15 is 0 Å². The van der Waals surface area contributed by atoms with Crippen LogP contribution in [-0.4, -0.2) is 73.4 Å². The molecule has 1 fully saturated rings. The van der Waals surface area contributed by atoms with Crippen molar-refractivity contribution >= 4 is 40.7 Å². The largest absolute Gasteiger partial charge is 0.481 e. The highest BCUT2D eigenvalue weighted by Crippen LogP contribution is 2.45. The number of para-hydroxylation sites is 1. The van der Waals surface area contributed by atoms with Crippen LogP contribution < -0.4 is 5.32 Å². The fraction of sp³-hybridized carbons (Fsp3) is 0.480. The molecule has 0 aliphatic carbocycles. The van der Waals surface area contributed by atoms with E-state index in [1.54, 1.807) is 6.92 Å². The van der Waals surface area contributed by atoms with Gasteiger partial charge in [0.15, 0.2) is 5.54 Å². The molecule has 0 bridgehead atoms. The Morgan fingerprint density at radius 1 is 1.17 bits per heavy atom. The van der Waals surface area contributed by atoms with Crippen molar-refractivity contribution in [2.24, 2.45) is 5.92 Å². The maximum atomic E-state index is 13.9. The van der Waals surface area contributed by atoms with Crippen molar-refractivity contribution < 1.29 is 34.2 Å². The number of benzene rings is 1. The van der Waals surface area contributed by atoms with Gasteiger partial charge in [0.25, 0.3) is 5.91 Å². The second-order valence-corrected chi connectivity index (χ2v) is 9.93. The van der Waals surface area contributed by atoms with E-state index in [2.05, 4.69) is 10.3 Å². The molecule has 4 N–H and O–H groups in total. The number of carbonyl (C=O) groups is 5. The van der Waals surface area contributed by atoms with Gasteiger partial charge in [0, 0.05) is 23.9 Å². The molecular formula is C25H30N4O7. The van der Waals surface area contributed by atoms with Crippen LogP contribution in [-0.2, 0) is 31.1 Å². The minimum absolute atomic E-state index is 0.0993. The third kappa shape index (κ3) is 4.08. The van der Waals surface area contributed by atoms with E-state index in [0.29, 0.717) is 18.7 Å². The van der Waals surface area contributed by atoms with Crippen LogP contribution in [0, 0.1) is 5.92 Å². The maximum absolute atomic E-state index is 13.9. The Kier molecular flexibility index (Phi) is 6.50. The van der Waals surface area contributed by atoms with Crippen LogP contribution in [0.1, 0.15) is 51.3 Å². The van der Waals surface area contributed by atoms with Crippen molar-refractivity contribution in [1.29, 1.82) is 0 Å². The SMILES string of the molecule is CC(C)C[C@H](C(=O)N[C@@H](CCC(=O)O)C(=O)O)N1C(=O)N2CCc3c([nH]c4ccccc34)[C@@]2(C)C1=O. The highest BCUT2D eigenvalue weighted by atomic mass is 16.4. The molecule has 0 saturated carbocycles. The molecular weight excluding hydrogens is 468 g/mol. The van der Waals surface area contributed by atoms with E-state index in [1.165, 1.54) is 4.90 Å². The van der Waals surface area contributed by atoms with E-state index in [1.807, 2.05) is 38.1 Å². The summed E-state index contributed by atoms with van der Waals surface area (Å²) in [5.74, 6) is -4.04. The summed E-state index contributed by atoms with van der Waals surface area (Å²) in [6.45, 7) is 5.61. The van der Waals surface area contributed by atoms with Gasteiger partial charge in [-0.2, -0.15) is 0 Å². The molecule has 36 heavy (non-hydrogen) atoms. The Morgan fingerprint density at radius 3 is 2.50 bits per heavy atom. The molecule has 192 valence electrons. The van der Waals surface area contributed by atoms with Gasteiger partial charge in [0.1, 0.15) is 12.1 Å². The van der Waals surface area contributed by atoms with Crippen LogP contribution in [0.5, 0.6) is 0 Å². The number of H-pyrrole nitrogens is 1. The second-order valence-electron chi connectivity index (χ2n) is 9.93. The van der Waals surface area contributed by atoms with E-state index in [-0.39, 0.29) is 18.8 Å². The first-order valence-corrected chi connectivity index (χ1v) is 12.0. The first-order chi connectivity index (χ1) is 17.0. The van der Waals surface area contributed by atoms with Gasteiger partial charge in [0.05, 0.1) is 5.69 Å². The number of fused-ring (bicyclic) bond motifs is 5. The van der Waals surface area contributed by atoms with Crippen molar-refractivity contribution in [3.05, 3.63) is 35.5 Å². The van der Waals surface area contributed by atoms with Crippen molar-refractivity contribution in [1.82, 2.24) is 20.1 Å². The standard InChI is InChI=1S/C25H30N4O7/c1-13(2)12-18(21(32)27-17(22(33)34)8-9-19(30)31)29-23(35)25(3)20-15(10-11-28(25)24(29)36)14-6-4-5-7-16(14)26-20/h4-7,13,17-18,26H,8-12H2,1-3H3,(H,27,32)(H,30,31)(H,33,34)/t17-,18+,25-/m0/s1. The molecule has 2 aliphatic rings. The molecule has 3 atom stereocenters. The number of carboxylic acids is 2. The topological polar surface area (TPSA) is 160 Å². The van der Waals surface area contributed by atoms with Crippen molar-refractivity contribution in [2.45, 2.75) is 64.1 Å². The minimum atomic E-state index is -1.46. The molecule has 0 spiro atoms. The van der Waals surface area contributed by atoms with Crippen molar-refractivity contribution in [3.8, 4) is 0 Å². The predicted molar refractivity (Wildman–Crippen MR) is 128 cm³/mol. The third-order valence-electron chi connectivity index (χ3n) is 7.07. The fourth-order valence-corrected chi connectivity index (χ4v) is 5.26. The first kappa shape index (κ1) is 25.2. The summed E-state index contributed by atoms with van der Waals surface area (Å²) in [6, 6.07) is 4.33. The summed E-state index contributed by atoms with van der Waals surface area (Å²) in [7, 11) is 0. The zero-order valence-electron chi connectivity index (χ0n) is 20.4. The van der Waals surface area contributed by atoms with Crippen LogP contribution in [0.25, 0.3) is 10.9 Å². The van der Waals surface area contributed by atoms with Gasteiger partial charge in [-0.15, -0.1) is 0 Å². The number of hydrogen-bond acceptors (Lipinski definition) is 5. The van der Waals surface area contributed by atoms with Gasteiger partial charge in [-0.05, 0) is 43.7 Å². The molecule has 2 aromatic rings. The average Bonchev–Trinajstić information content (AvgIpc) is 3.28. The first-order valence-electron chi connectivity index (χ1n) is 12.0. The van der Waals surface area contributed by atoms with E-state index in [9.17, 15) is 29.1 Å². The monoisotopic (exact) mass is 498 g/mol. The number of nitrogens with one attached hydrogen (secondary N) is 2. The number of aromatic nitrogens is 1. The van der Waals surface area contributed by atoms with E-state index < -0.39 is 53.8 Å². The van der Waals surface area contributed by atoms with Crippen LogP contribution >= 0.6 is 0 Å². The Bertz CT molecular complexity index is 1250. The lowest BCUT2D eigenvalue weighted by molar-refractivity contribution is -0.144. The quantitative estimate of drug-likeness (QED) is 0.385. The summed E-state index contributed by atoms with van der Waals surface area (Å²) in [5, 5.41) is 21.7. The molecule has 4 rings (SSSR count). The summed E-state index contributed by atoms with van der Waals surface area (Å²) < 4.78 is 0. The summed E-state index contributed by atoms with van der Waals surface area (Å²) in [5.41, 5.74) is 1.08. The Balaban J connectivity index is 1.69. The molecule has 2 aliphatic heterocycles. The number of urea groups is 1. The van der Waals surface area contributed by atoms with Crippen LogP contribution in [0.4, 0.5) is 4.79 Å².